The van der Waals surface area contributed by atoms with E-state index in [1.54, 1.807) is 51.1 Å². The lowest BCUT2D eigenvalue weighted by Crippen LogP contribution is -2.27. The van der Waals surface area contributed by atoms with Crippen LogP contribution in [0.3, 0.4) is 0 Å². The summed E-state index contributed by atoms with van der Waals surface area (Å²) in [5.74, 6) is 0.352. The average molecular weight is 404 g/mol. The Labute approximate surface area is 165 Å². The number of nitrogens with one attached hydrogen (secondary N) is 1. The summed E-state index contributed by atoms with van der Waals surface area (Å²) in [6.07, 6.45) is -4.95. The number of nitrogens with zero attached hydrogens (tertiary/aromatic N) is 1. The van der Waals surface area contributed by atoms with Crippen molar-refractivity contribution >= 4 is 11.8 Å². The number of carbonyl (C=O) groups excluding carboxylic acids is 1. The van der Waals surface area contributed by atoms with Gasteiger partial charge in [0.15, 0.2) is 5.76 Å². The molecule has 8 heteroatoms. The van der Waals surface area contributed by atoms with Gasteiger partial charge >= 0.3 is 12.3 Å². The number of alkyl halides is 3. The highest BCUT2D eigenvalue weighted by Crippen LogP contribution is 2.32. The highest BCUT2D eigenvalue weighted by atomic mass is 19.4. The van der Waals surface area contributed by atoms with Gasteiger partial charge in [-0.3, -0.25) is 5.32 Å². The lowest BCUT2D eigenvalue weighted by molar-refractivity contribution is -0.137. The molecule has 29 heavy (non-hydrogen) atoms. The van der Waals surface area contributed by atoms with Crippen molar-refractivity contribution in [3.63, 3.8) is 0 Å². The minimum absolute atomic E-state index is 0.352. The molecule has 0 aliphatic heterocycles. The first-order valence-corrected chi connectivity index (χ1v) is 8.76. The van der Waals surface area contributed by atoms with Crippen LogP contribution in [0.4, 0.5) is 23.7 Å². The van der Waals surface area contributed by atoms with Gasteiger partial charge in [-0.2, -0.15) is 13.2 Å². The normalized spacial score (nSPS) is 11.9. The zero-order valence-corrected chi connectivity index (χ0v) is 16.0. The summed E-state index contributed by atoms with van der Waals surface area (Å²) >= 11 is 0. The molecule has 0 saturated heterocycles. The Balaban J connectivity index is 1.71. The maximum Gasteiger partial charge on any atom is 0.416 e. The van der Waals surface area contributed by atoms with Crippen molar-refractivity contribution in [2.24, 2.45) is 0 Å². The molecule has 5 nitrogen and oxygen atoms in total. The van der Waals surface area contributed by atoms with Crippen LogP contribution in [-0.4, -0.2) is 16.9 Å². The van der Waals surface area contributed by atoms with Gasteiger partial charge in [-0.1, -0.05) is 29.4 Å². The van der Waals surface area contributed by atoms with Gasteiger partial charge in [0.05, 0.1) is 5.56 Å². The van der Waals surface area contributed by atoms with Gasteiger partial charge in [0.25, 0.3) is 0 Å². The van der Waals surface area contributed by atoms with Gasteiger partial charge in [-0.15, -0.1) is 0 Å². The van der Waals surface area contributed by atoms with Crippen molar-refractivity contribution in [2.45, 2.75) is 32.5 Å². The maximum absolute atomic E-state index is 12.7. The second-order valence-electron chi connectivity index (χ2n) is 7.36. The molecule has 1 aromatic heterocycles. The van der Waals surface area contributed by atoms with Gasteiger partial charge in [-0.05, 0) is 45.0 Å². The monoisotopic (exact) mass is 404 g/mol. The van der Waals surface area contributed by atoms with Crippen molar-refractivity contribution in [1.29, 1.82) is 0 Å². The predicted molar refractivity (Wildman–Crippen MR) is 102 cm³/mol. The topological polar surface area (TPSA) is 64.4 Å². The molecule has 1 amide bonds. The van der Waals surface area contributed by atoms with E-state index in [0.29, 0.717) is 22.7 Å². The van der Waals surface area contributed by atoms with E-state index in [1.165, 1.54) is 12.1 Å². The lowest BCUT2D eigenvalue weighted by atomic mass is 10.1. The van der Waals surface area contributed by atoms with Crippen LogP contribution in [-0.2, 0) is 10.9 Å². The predicted octanol–water partition coefficient (Wildman–Crippen LogP) is 6.37. The fourth-order valence-corrected chi connectivity index (χ4v) is 2.52. The number of amides is 1. The van der Waals surface area contributed by atoms with Crippen molar-refractivity contribution in [3.05, 3.63) is 60.2 Å². The van der Waals surface area contributed by atoms with Crippen molar-refractivity contribution in [2.75, 3.05) is 5.32 Å². The molecule has 1 heterocycles. The largest absolute Gasteiger partial charge is 0.444 e. The minimum atomic E-state index is -4.39. The van der Waals surface area contributed by atoms with Gasteiger partial charge < -0.3 is 9.26 Å². The van der Waals surface area contributed by atoms with Crippen LogP contribution in [0.25, 0.3) is 22.6 Å². The van der Waals surface area contributed by atoms with E-state index in [0.717, 1.165) is 17.7 Å². The molecule has 0 radical (unpaired) electrons. The van der Waals surface area contributed by atoms with Crippen molar-refractivity contribution in [3.8, 4) is 22.6 Å². The van der Waals surface area contributed by atoms with E-state index < -0.39 is 23.4 Å². The molecule has 3 aromatic rings. The minimum Gasteiger partial charge on any atom is -0.444 e. The van der Waals surface area contributed by atoms with Crippen LogP contribution in [0.15, 0.2) is 59.1 Å². The first-order valence-electron chi connectivity index (χ1n) is 8.76. The van der Waals surface area contributed by atoms with Gasteiger partial charge in [0, 0.05) is 22.9 Å². The number of hydrogen-bond donors (Lipinski definition) is 1. The summed E-state index contributed by atoms with van der Waals surface area (Å²) in [7, 11) is 0. The van der Waals surface area contributed by atoms with Crippen LogP contribution >= 0.6 is 0 Å². The van der Waals surface area contributed by atoms with Gasteiger partial charge in [-0.25, -0.2) is 4.79 Å². The van der Waals surface area contributed by atoms with E-state index in [4.69, 9.17) is 9.26 Å². The molecule has 2 aromatic carbocycles. The standard InChI is InChI=1S/C21H19F3N2O3/c1-20(2,3)28-19(27)25-16-10-6-13(7-11-16)17-12-18(29-26-17)14-4-8-15(9-5-14)21(22,23)24/h4-12H,1-3H3,(H,25,27). The van der Waals surface area contributed by atoms with Crippen molar-refractivity contribution < 1.29 is 27.2 Å². The second-order valence-corrected chi connectivity index (χ2v) is 7.36. The zero-order chi connectivity index (χ0) is 21.2. The van der Waals surface area contributed by atoms with Crippen LogP contribution in [0.2, 0.25) is 0 Å². The Kier molecular flexibility index (Phi) is 5.37. The molecule has 0 aliphatic carbocycles. The Morgan fingerprint density at radius 3 is 2.10 bits per heavy atom. The smallest absolute Gasteiger partial charge is 0.416 e. The molecule has 0 fully saturated rings. The third-order valence-corrected chi connectivity index (χ3v) is 3.83. The summed E-state index contributed by atoms with van der Waals surface area (Å²) in [6, 6.07) is 13.1. The Hall–Kier alpha value is -3.29. The number of anilines is 1. The average Bonchev–Trinajstić information content (AvgIpc) is 3.10. The SMILES string of the molecule is CC(C)(C)OC(=O)Nc1ccc(-c2cc(-c3ccc(C(F)(F)F)cc3)on2)cc1. The maximum atomic E-state index is 12.7. The molecule has 3 rings (SSSR count). The van der Waals surface area contributed by atoms with E-state index in [2.05, 4.69) is 10.5 Å². The van der Waals surface area contributed by atoms with Gasteiger partial charge in [0.2, 0.25) is 0 Å². The summed E-state index contributed by atoms with van der Waals surface area (Å²) in [5.41, 5.74) is 0.952. The molecule has 0 saturated carbocycles. The number of halogens is 3. The molecule has 0 bridgehead atoms. The Morgan fingerprint density at radius 2 is 1.55 bits per heavy atom. The van der Waals surface area contributed by atoms with Crippen LogP contribution in [0.1, 0.15) is 26.3 Å². The number of hydrogen-bond acceptors (Lipinski definition) is 4. The molecule has 0 aliphatic rings. The van der Waals surface area contributed by atoms with E-state index in [9.17, 15) is 18.0 Å². The van der Waals surface area contributed by atoms with Crippen LogP contribution < -0.4 is 5.32 Å². The third-order valence-electron chi connectivity index (χ3n) is 3.83. The molecule has 0 spiro atoms. The number of aromatic nitrogens is 1. The highest BCUT2D eigenvalue weighted by Gasteiger charge is 2.30. The number of ether oxygens (including phenoxy) is 1. The highest BCUT2D eigenvalue weighted by molar-refractivity contribution is 5.85. The van der Waals surface area contributed by atoms with Crippen molar-refractivity contribution in [1.82, 2.24) is 5.16 Å². The van der Waals surface area contributed by atoms with E-state index in [1.807, 2.05) is 0 Å². The van der Waals surface area contributed by atoms with E-state index >= 15 is 0 Å². The molecule has 1 N–H and O–H groups in total. The van der Waals surface area contributed by atoms with Gasteiger partial charge in [0.1, 0.15) is 11.3 Å². The first kappa shape index (κ1) is 20.4. The third kappa shape index (κ3) is 5.37. The Bertz CT molecular complexity index is 986. The summed E-state index contributed by atoms with van der Waals surface area (Å²) in [4.78, 5) is 11.8. The number of carbonyl (C=O) groups is 1. The molecule has 0 unspecified atom stereocenters. The summed E-state index contributed by atoms with van der Waals surface area (Å²) in [5, 5.41) is 6.59. The second kappa shape index (κ2) is 7.62. The summed E-state index contributed by atoms with van der Waals surface area (Å²) < 4.78 is 48.5. The fraction of sp³-hybridized carbons (Fsp3) is 0.238. The Morgan fingerprint density at radius 1 is 0.966 bits per heavy atom. The van der Waals surface area contributed by atoms with E-state index in [-0.39, 0.29) is 0 Å². The van der Waals surface area contributed by atoms with Crippen LogP contribution in [0.5, 0.6) is 0 Å². The number of rotatable bonds is 3. The number of benzene rings is 2. The summed E-state index contributed by atoms with van der Waals surface area (Å²) in [6.45, 7) is 5.32. The fourth-order valence-electron chi connectivity index (χ4n) is 2.52. The molecular formula is C21H19F3N2O3. The molecule has 0 atom stereocenters. The van der Waals surface area contributed by atoms with Crippen LogP contribution in [0, 0.1) is 0 Å². The molecule has 152 valence electrons. The lowest BCUT2D eigenvalue weighted by Gasteiger charge is -2.19. The molecular weight excluding hydrogens is 385 g/mol. The quantitative estimate of drug-likeness (QED) is 0.551. The zero-order valence-electron chi connectivity index (χ0n) is 16.0. The first-order chi connectivity index (χ1) is 13.5.